The Morgan fingerprint density at radius 2 is 1.25 bits per heavy atom. The Morgan fingerprint density at radius 1 is 0.700 bits per heavy atom. The van der Waals surface area contributed by atoms with E-state index in [1.54, 1.807) is 0 Å². The van der Waals surface area contributed by atoms with Crippen molar-refractivity contribution in [3.63, 3.8) is 0 Å². The summed E-state index contributed by atoms with van der Waals surface area (Å²) in [5, 5.41) is 0. The average molecular weight is 389 g/mol. The molecule has 0 aliphatic carbocycles. The molecule has 3 rings (SSSR count). The van der Waals surface area contributed by atoms with Gasteiger partial charge in [-0.2, -0.15) is 0 Å². The first-order chi connectivity index (χ1) is 9.75. The van der Waals surface area contributed by atoms with Crippen LogP contribution in [0.4, 0.5) is 0 Å². The first-order valence-corrected chi connectivity index (χ1v) is 7.81. The normalized spacial score (nSPS) is 10.5. The van der Waals surface area contributed by atoms with Gasteiger partial charge in [0.2, 0.25) is 0 Å². The summed E-state index contributed by atoms with van der Waals surface area (Å²) in [6.07, 6.45) is 0. The molecule has 0 saturated carbocycles. The van der Waals surface area contributed by atoms with Crippen molar-refractivity contribution in [2.45, 2.75) is 0 Å². The van der Waals surface area contributed by atoms with E-state index in [1.807, 2.05) is 36.4 Å². The monoisotopic (exact) mass is 387 g/mol. The highest BCUT2D eigenvalue weighted by Gasteiger charge is 2.13. The fourth-order valence-corrected chi connectivity index (χ4v) is 3.49. The lowest BCUT2D eigenvalue weighted by atomic mass is 9.97. The lowest BCUT2D eigenvalue weighted by molar-refractivity contribution is 1.23. The summed E-state index contributed by atoms with van der Waals surface area (Å²) < 4.78 is 1.67. The van der Waals surface area contributed by atoms with Gasteiger partial charge in [-0.1, -0.05) is 60.7 Å². The second-order valence-electron chi connectivity index (χ2n) is 4.39. The minimum Gasteiger partial charge on any atom is -0.233 e. The maximum atomic E-state index is 4.47. The Hall–Kier alpha value is -1.45. The first kappa shape index (κ1) is 13.5. The van der Waals surface area contributed by atoms with Gasteiger partial charge < -0.3 is 0 Å². The van der Waals surface area contributed by atoms with Gasteiger partial charge in [-0.15, -0.1) is 0 Å². The van der Waals surface area contributed by atoms with Crippen LogP contribution in [0.5, 0.6) is 0 Å². The SMILES string of the molecule is Brc1cc(-c2ccccc2)c(-c2ccccc2)c(Br)n1. The number of nitrogens with zero attached hydrogens (tertiary/aromatic N) is 1. The molecule has 1 aromatic heterocycles. The van der Waals surface area contributed by atoms with Crippen LogP contribution < -0.4 is 0 Å². The smallest absolute Gasteiger partial charge is 0.115 e. The Morgan fingerprint density at radius 3 is 1.85 bits per heavy atom. The van der Waals surface area contributed by atoms with E-state index >= 15 is 0 Å². The lowest BCUT2D eigenvalue weighted by Gasteiger charge is -2.12. The number of benzene rings is 2. The van der Waals surface area contributed by atoms with Crippen molar-refractivity contribution in [2.24, 2.45) is 0 Å². The topological polar surface area (TPSA) is 12.9 Å². The van der Waals surface area contributed by atoms with E-state index in [0.29, 0.717) is 0 Å². The largest absolute Gasteiger partial charge is 0.233 e. The summed E-state index contributed by atoms with van der Waals surface area (Å²) in [5.41, 5.74) is 4.60. The van der Waals surface area contributed by atoms with Crippen LogP contribution in [0.1, 0.15) is 0 Å². The third-order valence-corrected chi connectivity index (χ3v) is 4.07. The Balaban J connectivity index is 2.29. The molecule has 0 spiro atoms. The highest BCUT2D eigenvalue weighted by atomic mass is 79.9. The van der Waals surface area contributed by atoms with Gasteiger partial charge in [-0.25, -0.2) is 4.98 Å². The fourth-order valence-electron chi connectivity index (χ4n) is 2.21. The fraction of sp³-hybridized carbons (Fsp3) is 0. The van der Waals surface area contributed by atoms with Crippen molar-refractivity contribution in [2.75, 3.05) is 0 Å². The molecule has 3 aromatic rings. The van der Waals surface area contributed by atoms with Crippen LogP contribution >= 0.6 is 31.9 Å². The summed E-state index contributed by atoms with van der Waals surface area (Å²) in [4.78, 5) is 4.47. The third kappa shape index (κ3) is 2.69. The third-order valence-electron chi connectivity index (χ3n) is 3.09. The maximum Gasteiger partial charge on any atom is 0.115 e. The molecule has 0 aliphatic heterocycles. The zero-order valence-electron chi connectivity index (χ0n) is 10.6. The number of hydrogen-bond donors (Lipinski definition) is 0. The summed E-state index contributed by atoms with van der Waals surface area (Å²) in [6, 6.07) is 22.7. The number of halogens is 2. The van der Waals surface area contributed by atoms with Crippen molar-refractivity contribution < 1.29 is 0 Å². The van der Waals surface area contributed by atoms with Gasteiger partial charge in [0, 0.05) is 5.56 Å². The predicted octanol–water partition coefficient (Wildman–Crippen LogP) is 5.94. The molecule has 0 aliphatic rings. The summed E-state index contributed by atoms with van der Waals surface area (Å²) in [5.74, 6) is 0. The molecule has 1 nitrogen and oxygen atoms in total. The Bertz CT molecular complexity index is 725. The standard InChI is InChI=1S/C17H11Br2N/c18-15-11-14(12-7-3-1-4-8-12)16(17(19)20-15)13-9-5-2-6-10-13/h1-11H. The second-order valence-corrected chi connectivity index (χ2v) is 5.95. The molecule has 98 valence electrons. The molecule has 0 radical (unpaired) electrons. The van der Waals surface area contributed by atoms with Gasteiger partial charge in [0.05, 0.1) is 0 Å². The summed E-state index contributed by atoms with van der Waals surface area (Å²) in [6.45, 7) is 0. The van der Waals surface area contributed by atoms with Crippen LogP contribution in [0.3, 0.4) is 0 Å². The van der Waals surface area contributed by atoms with Crippen LogP contribution in [-0.2, 0) is 0 Å². The molecule has 0 amide bonds. The molecule has 2 aromatic carbocycles. The number of hydrogen-bond acceptors (Lipinski definition) is 1. The van der Waals surface area contributed by atoms with Crippen molar-refractivity contribution in [1.29, 1.82) is 0 Å². The molecule has 0 unspecified atom stereocenters. The highest BCUT2D eigenvalue weighted by Crippen LogP contribution is 2.38. The predicted molar refractivity (Wildman–Crippen MR) is 90.5 cm³/mol. The minimum atomic E-state index is 0.822. The van der Waals surface area contributed by atoms with Crippen molar-refractivity contribution in [3.05, 3.63) is 75.9 Å². The van der Waals surface area contributed by atoms with Crippen LogP contribution in [-0.4, -0.2) is 4.98 Å². The molecule has 0 atom stereocenters. The van der Waals surface area contributed by atoms with E-state index in [9.17, 15) is 0 Å². The van der Waals surface area contributed by atoms with Gasteiger partial charge in [0.1, 0.15) is 9.21 Å². The van der Waals surface area contributed by atoms with Crippen LogP contribution in [0.15, 0.2) is 75.9 Å². The Kier molecular flexibility index (Phi) is 3.99. The molecule has 3 heteroatoms. The molecule has 0 fully saturated rings. The van der Waals surface area contributed by atoms with E-state index in [-0.39, 0.29) is 0 Å². The summed E-state index contributed by atoms with van der Waals surface area (Å²) >= 11 is 7.07. The van der Waals surface area contributed by atoms with E-state index in [2.05, 4.69) is 67.2 Å². The molecule has 0 saturated heterocycles. The lowest BCUT2D eigenvalue weighted by Crippen LogP contribution is -1.90. The molecule has 20 heavy (non-hydrogen) atoms. The Labute approximate surface area is 135 Å². The second kappa shape index (κ2) is 5.90. The molecular weight excluding hydrogens is 378 g/mol. The average Bonchev–Trinajstić information content (AvgIpc) is 2.48. The van der Waals surface area contributed by atoms with E-state index < -0.39 is 0 Å². The van der Waals surface area contributed by atoms with Gasteiger partial charge in [0.15, 0.2) is 0 Å². The quantitative estimate of drug-likeness (QED) is 0.495. The van der Waals surface area contributed by atoms with Gasteiger partial charge in [-0.05, 0) is 54.6 Å². The number of rotatable bonds is 2. The van der Waals surface area contributed by atoms with Gasteiger partial charge in [0.25, 0.3) is 0 Å². The summed E-state index contributed by atoms with van der Waals surface area (Å²) in [7, 11) is 0. The minimum absolute atomic E-state index is 0.822. The zero-order chi connectivity index (χ0) is 13.9. The van der Waals surface area contributed by atoms with E-state index in [0.717, 1.165) is 25.9 Å². The van der Waals surface area contributed by atoms with Crippen LogP contribution in [0.25, 0.3) is 22.3 Å². The molecular formula is C17H11Br2N. The van der Waals surface area contributed by atoms with E-state index in [1.165, 1.54) is 5.56 Å². The maximum absolute atomic E-state index is 4.47. The van der Waals surface area contributed by atoms with Crippen LogP contribution in [0.2, 0.25) is 0 Å². The molecule has 0 N–H and O–H groups in total. The number of aromatic nitrogens is 1. The van der Waals surface area contributed by atoms with Crippen molar-refractivity contribution in [1.82, 2.24) is 4.98 Å². The van der Waals surface area contributed by atoms with E-state index in [4.69, 9.17) is 0 Å². The van der Waals surface area contributed by atoms with Crippen molar-refractivity contribution >= 4 is 31.9 Å². The number of pyridine rings is 1. The van der Waals surface area contributed by atoms with Gasteiger partial charge >= 0.3 is 0 Å². The molecule has 0 bridgehead atoms. The highest BCUT2D eigenvalue weighted by molar-refractivity contribution is 9.11. The molecule has 1 heterocycles. The first-order valence-electron chi connectivity index (χ1n) is 6.22. The van der Waals surface area contributed by atoms with Gasteiger partial charge in [-0.3, -0.25) is 0 Å². The van der Waals surface area contributed by atoms with Crippen LogP contribution in [0, 0.1) is 0 Å². The van der Waals surface area contributed by atoms with Crippen molar-refractivity contribution in [3.8, 4) is 22.3 Å². The zero-order valence-corrected chi connectivity index (χ0v) is 13.7.